The Kier molecular flexibility index (Phi) is 4.69. The zero-order valence-electron chi connectivity index (χ0n) is 13.1. The minimum absolute atomic E-state index is 0.0695. The van der Waals surface area contributed by atoms with Gasteiger partial charge in [0.05, 0.1) is 25.9 Å². The van der Waals surface area contributed by atoms with Crippen LogP contribution in [0.1, 0.15) is 16.1 Å². The van der Waals surface area contributed by atoms with Gasteiger partial charge < -0.3 is 14.7 Å². The van der Waals surface area contributed by atoms with Gasteiger partial charge in [-0.05, 0) is 42.3 Å². The monoisotopic (exact) mass is 312 g/mol. The van der Waals surface area contributed by atoms with Crippen molar-refractivity contribution in [1.82, 2.24) is 9.88 Å². The number of aromatic nitrogens is 1. The molecule has 1 fully saturated rings. The molecule has 23 heavy (non-hydrogen) atoms. The molecular formula is C18H20N2O3. The lowest BCUT2D eigenvalue weighted by atomic mass is 10.0. The fourth-order valence-corrected chi connectivity index (χ4v) is 2.80. The van der Waals surface area contributed by atoms with Crippen LogP contribution in [0.5, 0.6) is 0 Å². The van der Waals surface area contributed by atoms with Gasteiger partial charge in [0.15, 0.2) is 0 Å². The molecule has 1 aromatic heterocycles. The normalized spacial score (nSPS) is 18.0. The second kappa shape index (κ2) is 6.89. The molecule has 0 aliphatic carbocycles. The van der Waals surface area contributed by atoms with Gasteiger partial charge in [0, 0.05) is 24.0 Å². The minimum Gasteiger partial charge on any atom is -0.394 e. The van der Waals surface area contributed by atoms with Crippen molar-refractivity contribution in [2.45, 2.75) is 13.0 Å². The number of carbonyl (C=O) groups excluding carboxylic acids is 1. The Morgan fingerprint density at radius 3 is 2.96 bits per heavy atom. The van der Waals surface area contributed by atoms with Gasteiger partial charge in [-0.15, -0.1) is 0 Å². The lowest BCUT2D eigenvalue weighted by Gasteiger charge is -2.34. The van der Waals surface area contributed by atoms with Crippen LogP contribution in [-0.4, -0.2) is 53.3 Å². The summed E-state index contributed by atoms with van der Waals surface area (Å²) in [6.45, 7) is 3.24. The van der Waals surface area contributed by atoms with E-state index in [2.05, 4.69) is 4.98 Å². The van der Waals surface area contributed by atoms with Crippen molar-refractivity contribution in [3.63, 3.8) is 0 Å². The van der Waals surface area contributed by atoms with Gasteiger partial charge in [-0.3, -0.25) is 9.78 Å². The van der Waals surface area contributed by atoms with E-state index in [1.807, 2.05) is 43.3 Å². The number of morpholine rings is 1. The first-order chi connectivity index (χ1) is 11.2. The third kappa shape index (κ3) is 3.41. The highest BCUT2D eigenvalue weighted by atomic mass is 16.5. The summed E-state index contributed by atoms with van der Waals surface area (Å²) in [4.78, 5) is 18.7. The summed E-state index contributed by atoms with van der Waals surface area (Å²) in [5.74, 6) is -0.0695. The molecule has 1 N–H and O–H groups in total. The predicted octanol–water partition coefficient (Wildman–Crippen LogP) is 1.89. The van der Waals surface area contributed by atoms with Crippen LogP contribution >= 0.6 is 0 Å². The van der Waals surface area contributed by atoms with Crippen LogP contribution in [0.3, 0.4) is 0 Å². The lowest BCUT2D eigenvalue weighted by Crippen LogP contribution is -2.50. The maximum Gasteiger partial charge on any atom is 0.254 e. The molecule has 0 unspecified atom stereocenters. The first-order valence-corrected chi connectivity index (χ1v) is 7.71. The number of amides is 1. The molecule has 0 spiro atoms. The molecule has 0 radical (unpaired) electrons. The molecule has 0 bridgehead atoms. The summed E-state index contributed by atoms with van der Waals surface area (Å²) >= 11 is 0. The van der Waals surface area contributed by atoms with E-state index in [9.17, 15) is 9.90 Å². The molecule has 0 saturated carbocycles. The molecule has 1 atom stereocenters. The third-order valence-electron chi connectivity index (χ3n) is 4.04. The van der Waals surface area contributed by atoms with Crippen LogP contribution in [0.15, 0.2) is 42.6 Å². The smallest absolute Gasteiger partial charge is 0.254 e. The maximum atomic E-state index is 12.8. The fraction of sp³-hybridized carbons (Fsp3) is 0.333. The Labute approximate surface area is 135 Å². The van der Waals surface area contributed by atoms with Crippen LogP contribution in [0.25, 0.3) is 11.1 Å². The third-order valence-corrected chi connectivity index (χ3v) is 4.04. The molecular weight excluding hydrogens is 292 g/mol. The summed E-state index contributed by atoms with van der Waals surface area (Å²) in [6, 6.07) is 11.2. The van der Waals surface area contributed by atoms with Crippen molar-refractivity contribution in [2.24, 2.45) is 0 Å². The highest BCUT2D eigenvalue weighted by Crippen LogP contribution is 2.22. The molecule has 2 heterocycles. The molecule has 1 aliphatic heterocycles. The van der Waals surface area contributed by atoms with Crippen molar-refractivity contribution in [3.8, 4) is 11.1 Å². The molecule has 1 amide bonds. The minimum atomic E-state index is -0.275. The molecule has 3 rings (SSSR count). The van der Waals surface area contributed by atoms with Crippen LogP contribution in [0.4, 0.5) is 0 Å². The van der Waals surface area contributed by atoms with E-state index in [4.69, 9.17) is 4.74 Å². The van der Waals surface area contributed by atoms with Gasteiger partial charge in [0.2, 0.25) is 0 Å². The fourth-order valence-electron chi connectivity index (χ4n) is 2.80. The molecule has 1 saturated heterocycles. The van der Waals surface area contributed by atoms with E-state index in [1.165, 1.54) is 0 Å². The highest BCUT2D eigenvalue weighted by molar-refractivity contribution is 5.95. The predicted molar refractivity (Wildman–Crippen MR) is 87.1 cm³/mol. The van der Waals surface area contributed by atoms with Gasteiger partial charge in [0.1, 0.15) is 0 Å². The molecule has 1 aromatic carbocycles. The van der Waals surface area contributed by atoms with Gasteiger partial charge in [-0.25, -0.2) is 0 Å². The number of pyridine rings is 1. The Morgan fingerprint density at radius 1 is 1.35 bits per heavy atom. The van der Waals surface area contributed by atoms with Gasteiger partial charge in [0.25, 0.3) is 5.91 Å². The van der Waals surface area contributed by atoms with E-state index in [1.54, 1.807) is 11.1 Å². The largest absolute Gasteiger partial charge is 0.394 e. The topological polar surface area (TPSA) is 62.7 Å². The number of carbonyl (C=O) groups is 1. The summed E-state index contributed by atoms with van der Waals surface area (Å²) in [5, 5.41) is 9.44. The molecule has 5 nitrogen and oxygen atoms in total. The van der Waals surface area contributed by atoms with E-state index in [-0.39, 0.29) is 18.6 Å². The Hall–Kier alpha value is -2.24. The average molecular weight is 312 g/mol. The average Bonchev–Trinajstić information content (AvgIpc) is 2.61. The van der Waals surface area contributed by atoms with Crippen LogP contribution in [0, 0.1) is 6.92 Å². The van der Waals surface area contributed by atoms with Crippen molar-refractivity contribution < 1.29 is 14.6 Å². The lowest BCUT2D eigenvalue weighted by molar-refractivity contribution is -0.0183. The Morgan fingerprint density at radius 2 is 2.17 bits per heavy atom. The van der Waals surface area contributed by atoms with Gasteiger partial charge in [-0.1, -0.05) is 12.1 Å². The van der Waals surface area contributed by atoms with Crippen LogP contribution in [-0.2, 0) is 4.74 Å². The zero-order valence-corrected chi connectivity index (χ0v) is 13.1. The first kappa shape index (κ1) is 15.6. The number of rotatable bonds is 3. The summed E-state index contributed by atoms with van der Waals surface area (Å²) in [5.41, 5.74) is 3.58. The maximum absolute atomic E-state index is 12.8. The number of ether oxygens (including phenoxy) is 1. The first-order valence-electron chi connectivity index (χ1n) is 7.71. The number of aliphatic hydroxyl groups is 1. The SMILES string of the molecule is Cc1cc(-c2cccc(C(=O)N3CCOC[C@H]3CO)c2)ccn1. The number of nitrogens with zero attached hydrogens (tertiary/aromatic N) is 2. The van der Waals surface area contributed by atoms with Gasteiger partial charge in [-0.2, -0.15) is 0 Å². The highest BCUT2D eigenvalue weighted by Gasteiger charge is 2.27. The molecule has 5 heteroatoms. The van der Waals surface area contributed by atoms with E-state index in [0.29, 0.717) is 25.3 Å². The van der Waals surface area contributed by atoms with Crippen molar-refractivity contribution in [1.29, 1.82) is 0 Å². The van der Waals surface area contributed by atoms with E-state index < -0.39 is 0 Å². The Balaban J connectivity index is 1.88. The number of aryl methyl sites for hydroxylation is 1. The number of hydrogen-bond acceptors (Lipinski definition) is 4. The zero-order chi connectivity index (χ0) is 16.2. The van der Waals surface area contributed by atoms with Crippen LogP contribution < -0.4 is 0 Å². The molecule has 1 aliphatic rings. The quantitative estimate of drug-likeness (QED) is 0.940. The summed E-state index contributed by atoms with van der Waals surface area (Å²) in [7, 11) is 0. The number of aliphatic hydroxyl groups excluding tert-OH is 1. The van der Waals surface area contributed by atoms with E-state index in [0.717, 1.165) is 16.8 Å². The second-order valence-corrected chi connectivity index (χ2v) is 5.68. The second-order valence-electron chi connectivity index (χ2n) is 5.68. The summed E-state index contributed by atoms with van der Waals surface area (Å²) in [6.07, 6.45) is 1.77. The van der Waals surface area contributed by atoms with Gasteiger partial charge >= 0.3 is 0 Å². The standard InChI is InChI=1S/C18H20N2O3/c1-13-9-15(5-6-19-13)14-3-2-4-16(10-14)18(22)20-7-8-23-12-17(20)11-21/h2-6,9-10,17,21H,7-8,11-12H2,1H3/t17-/m1/s1. The van der Waals surface area contributed by atoms with Crippen LogP contribution in [0.2, 0.25) is 0 Å². The Bertz CT molecular complexity index is 702. The van der Waals surface area contributed by atoms with Crippen molar-refractivity contribution >= 4 is 5.91 Å². The molecule has 2 aromatic rings. The number of benzene rings is 1. The van der Waals surface area contributed by atoms with E-state index >= 15 is 0 Å². The number of hydrogen-bond donors (Lipinski definition) is 1. The molecule has 120 valence electrons. The van der Waals surface area contributed by atoms with Crippen molar-refractivity contribution in [3.05, 3.63) is 53.9 Å². The van der Waals surface area contributed by atoms with Crippen molar-refractivity contribution in [2.75, 3.05) is 26.4 Å². The summed E-state index contributed by atoms with van der Waals surface area (Å²) < 4.78 is 5.33.